The Balaban J connectivity index is 1.64. The molecule has 6 aromatic rings. The topological polar surface area (TPSA) is 0 Å². The van der Waals surface area contributed by atoms with Gasteiger partial charge in [0.25, 0.3) is 0 Å². The van der Waals surface area contributed by atoms with Crippen molar-refractivity contribution in [1.82, 2.24) is 0 Å². The van der Waals surface area contributed by atoms with Crippen molar-refractivity contribution < 1.29 is 0 Å². The molecule has 2 aliphatic rings. The first-order valence-corrected chi connectivity index (χ1v) is 13.7. The first-order valence-electron chi connectivity index (χ1n) is 12.1. The van der Waals surface area contributed by atoms with Crippen LogP contribution in [-0.2, 0) is 0 Å². The highest BCUT2D eigenvalue weighted by Crippen LogP contribution is 2.57. The Morgan fingerprint density at radius 3 is 1.31 bits per heavy atom. The van der Waals surface area contributed by atoms with E-state index in [9.17, 15) is 0 Å². The van der Waals surface area contributed by atoms with Crippen molar-refractivity contribution in [2.45, 2.75) is 0 Å². The van der Waals surface area contributed by atoms with Gasteiger partial charge in [-0.05, 0) is 101 Å². The van der Waals surface area contributed by atoms with E-state index < -0.39 is 0 Å². The predicted molar refractivity (Wildman–Crippen MR) is 159 cm³/mol. The molecular weight excluding hydrogens is 568 g/mol. The third-order valence-electron chi connectivity index (χ3n) is 7.69. The molecular formula is C34H18Br2. The van der Waals surface area contributed by atoms with E-state index in [1.165, 1.54) is 77.2 Å². The third kappa shape index (κ3) is 2.74. The number of fused-ring (bicyclic) bond motifs is 10. The van der Waals surface area contributed by atoms with Crippen LogP contribution in [0, 0.1) is 0 Å². The van der Waals surface area contributed by atoms with Gasteiger partial charge in [-0.3, -0.25) is 0 Å². The van der Waals surface area contributed by atoms with Crippen molar-refractivity contribution in [2.24, 2.45) is 0 Å². The Morgan fingerprint density at radius 1 is 0.361 bits per heavy atom. The summed E-state index contributed by atoms with van der Waals surface area (Å²) < 4.78 is 2.20. The lowest BCUT2D eigenvalue weighted by Crippen LogP contribution is -1.93. The molecule has 2 heteroatoms. The Labute approximate surface area is 226 Å². The molecule has 8 rings (SSSR count). The van der Waals surface area contributed by atoms with Crippen LogP contribution >= 0.6 is 31.9 Å². The quantitative estimate of drug-likeness (QED) is 0.166. The van der Waals surface area contributed by atoms with Gasteiger partial charge in [-0.2, -0.15) is 0 Å². The maximum Gasteiger partial charge on any atom is 0.0181 e. The fourth-order valence-electron chi connectivity index (χ4n) is 6.23. The smallest absolute Gasteiger partial charge is 0.0181 e. The van der Waals surface area contributed by atoms with E-state index >= 15 is 0 Å². The van der Waals surface area contributed by atoms with Crippen molar-refractivity contribution in [1.29, 1.82) is 0 Å². The SMILES string of the molecule is Brc1ccc2c(c1)-c1cc(Br)ccc1C2=C1c2c(ccc3ccccc23)-c2ccc3ccccc3c21. The molecule has 0 bridgehead atoms. The van der Waals surface area contributed by atoms with Gasteiger partial charge in [0.1, 0.15) is 0 Å². The Morgan fingerprint density at radius 2 is 0.806 bits per heavy atom. The van der Waals surface area contributed by atoms with E-state index in [4.69, 9.17) is 0 Å². The minimum atomic E-state index is 1.10. The van der Waals surface area contributed by atoms with Crippen molar-refractivity contribution in [3.05, 3.63) is 140 Å². The molecule has 0 radical (unpaired) electrons. The molecule has 168 valence electrons. The monoisotopic (exact) mass is 584 g/mol. The van der Waals surface area contributed by atoms with Gasteiger partial charge in [-0.1, -0.05) is 117 Å². The minimum absolute atomic E-state index is 1.10. The number of hydrogen-bond donors (Lipinski definition) is 0. The van der Waals surface area contributed by atoms with E-state index in [1.807, 2.05) is 0 Å². The summed E-state index contributed by atoms with van der Waals surface area (Å²) in [6, 6.07) is 40.2. The molecule has 0 heterocycles. The molecule has 0 saturated carbocycles. The van der Waals surface area contributed by atoms with E-state index in [2.05, 4.69) is 141 Å². The highest BCUT2D eigenvalue weighted by molar-refractivity contribution is 9.10. The van der Waals surface area contributed by atoms with Crippen LogP contribution in [0.15, 0.2) is 118 Å². The molecule has 2 aliphatic carbocycles. The van der Waals surface area contributed by atoms with Gasteiger partial charge in [0.15, 0.2) is 0 Å². The Hall–Kier alpha value is -3.46. The van der Waals surface area contributed by atoms with Crippen LogP contribution in [-0.4, -0.2) is 0 Å². The second-order valence-electron chi connectivity index (χ2n) is 9.55. The van der Waals surface area contributed by atoms with Crippen LogP contribution in [0.2, 0.25) is 0 Å². The number of halogens is 2. The molecule has 6 aromatic carbocycles. The fraction of sp³-hybridized carbons (Fsp3) is 0. The van der Waals surface area contributed by atoms with Crippen LogP contribution < -0.4 is 0 Å². The van der Waals surface area contributed by atoms with Crippen LogP contribution in [0.1, 0.15) is 22.3 Å². The molecule has 0 aliphatic heterocycles. The summed E-state index contributed by atoms with van der Waals surface area (Å²) >= 11 is 7.46. The van der Waals surface area contributed by atoms with Crippen LogP contribution in [0.5, 0.6) is 0 Å². The van der Waals surface area contributed by atoms with Gasteiger partial charge in [0.2, 0.25) is 0 Å². The molecule has 0 fully saturated rings. The molecule has 0 atom stereocenters. The van der Waals surface area contributed by atoms with E-state index in [-0.39, 0.29) is 0 Å². The van der Waals surface area contributed by atoms with Gasteiger partial charge >= 0.3 is 0 Å². The normalized spacial score (nSPS) is 13.2. The molecule has 0 nitrogen and oxygen atoms in total. The predicted octanol–water partition coefficient (Wildman–Crippen LogP) is 10.5. The Kier molecular flexibility index (Phi) is 4.33. The summed E-state index contributed by atoms with van der Waals surface area (Å²) in [6.07, 6.45) is 0. The Bertz CT molecular complexity index is 1820. The van der Waals surface area contributed by atoms with Crippen LogP contribution in [0.3, 0.4) is 0 Å². The first-order chi connectivity index (χ1) is 17.7. The van der Waals surface area contributed by atoms with Crippen LogP contribution in [0.25, 0.3) is 54.9 Å². The lowest BCUT2D eigenvalue weighted by atomic mass is 9.88. The maximum atomic E-state index is 3.73. The van der Waals surface area contributed by atoms with Gasteiger partial charge in [-0.15, -0.1) is 0 Å². The molecule has 0 saturated heterocycles. The van der Waals surface area contributed by atoms with Gasteiger partial charge in [0.05, 0.1) is 0 Å². The summed E-state index contributed by atoms with van der Waals surface area (Å²) in [7, 11) is 0. The second-order valence-corrected chi connectivity index (χ2v) is 11.4. The average Bonchev–Trinajstić information content (AvgIpc) is 3.40. The molecule has 36 heavy (non-hydrogen) atoms. The standard InChI is InChI=1S/C34H18Br2/c35-21-11-15-27-29(17-21)30-18-22(36)12-16-28(30)33(27)34-31-23-7-3-1-5-19(23)9-13-25(31)26-14-10-20-6-2-4-8-24(20)32(26)34/h1-18H. The van der Waals surface area contributed by atoms with E-state index in [1.54, 1.807) is 0 Å². The highest BCUT2D eigenvalue weighted by atomic mass is 79.9. The summed E-state index contributed by atoms with van der Waals surface area (Å²) in [6.45, 7) is 0. The molecule has 0 unspecified atom stereocenters. The summed E-state index contributed by atoms with van der Waals surface area (Å²) in [5.74, 6) is 0. The zero-order valence-electron chi connectivity index (χ0n) is 19.1. The number of rotatable bonds is 0. The lowest BCUT2D eigenvalue weighted by molar-refractivity contribution is 1.59. The van der Waals surface area contributed by atoms with Crippen molar-refractivity contribution >= 4 is 64.6 Å². The van der Waals surface area contributed by atoms with E-state index in [0.29, 0.717) is 0 Å². The fourth-order valence-corrected chi connectivity index (χ4v) is 6.96. The number of hydrogen-bond acceptors (Lipinski definition) is 0. The minimum Gasteiger partial charge on any atom is -0.0616 e. The highest BCUT2D eigenvalue weighted by Gasteiger charge is 2.34. The molecule has 0 aromatic heterocycles. The molecule has 0 amide bonds. The largest absolute Gasteiger partial charge is 0.0616 e. The lowest BCUT2D eigenvalue weighted by Gasteiger charge is -2.15. The molecule has 0 spiro atoms. The summed E-state index contributed by atoms with van der Waals surface area (Å²) in [5, 5.41) is 5.16. The second kappa shape index (κ2) is 7.52. The molecule has 0 N–H and O–H groups in total. The van der Waals surface area contributed by atoms with Crippen molar-refractivity contribution in [3.63, 3.8) is 0 Å². The van der Waals surface area contributed by atoms with Gasteiger partial charge in [0, 0.05) is 8.95 Å². The zero-order valence-corrected chi connectivity index (χ0v) is 22.3. The first kappa shape index (κ1) is 20.7. The average molecular weight is 586 g/mol. The van der Waals surface area contributed by atoms with Crippen molar-refractivity contribution in [3.8, 4) is 22.3 Å². The maximum absolute atomic E-state index is 3.73. The summed E-state index contributed by atoms with van der Waals surface area (Å²) in [4.78, 5) is 0. The van der Waals surface area contributed by atoms with Crippen LogP contribution in [0.4, 0.5) is 0 Å². The third-order valence-corrected chi connectivity index (χ3v) is 8.68. The zero-order chi connectivity index (χ0) is 24.0. The van der Waals surface area contributed by atoms with Crippen molar-refractivity contribution in [2.75, 3.05) is 0 Å². The van der Waals surface area contributed by atoms with Gasteiger partial charge in [-0.25, -0.2) is 0 Å². The van der Waals surface area contributed by atoms with Gasteiger partial charge < -0.3 is 0 Å². The summed E-state index contributed by atoms with van der Waals surface area (Å²) in [5.41, 5.74) is 13.1. The number of benzene rings is 6. The van der Waals surface area contributed by atoms with E-state index in [0.717, 1.165) is 8.95 Å².